The Balaban J connectivity index is 1.46. The summed E-state index contributed by atoms with van der Waals surface area (Å²) in [5.41, 5.74) is -0.805. The quantitative estimate of drug-likeness (QED) is 0.133. The van der Waals surface area contributed by atoms with E-state index in [0.29, 0.717) is 34.0 Å². The van der Waals surface area contributed by atoms with Crippen LogP contribution in [-0.4, -0.2) is 10.3 Å². The average Bonchev–Trinajstić information content (AvgIpc) is 2.87. The molecule has 0 saturated heterocycles. The number of ether oxygens (including phenoxy) is 2. The molecular formula is C28H22F9IO2. The van der Waals surface area contributed by atoms with Gasteiger partial charge in [-0.3, -0.25) is 0 Å². The Kier molecular flexibility index (Phi) is 9.15. The van der Waals surface area contributed by atoms with Gasteiger partial charge < -0.3 is 9.47 Å². The van der Waals surface area contributed by atoms with E-state index in [2.05, 4.69) is 32.1 Å². The molecule has 0 aliphatic heterocycles. The molecule has 0 N–H and O–H groups in total. The molecule has 0 spiro atoms. The van der Waals surface area contributed by atoms with Gasteiger partial charge in [0.05, 0.1) is 5.56 Å². The molecule has 1 saturated carbocycles. The van der Waals surface area contributed by atoms with E-state index < -0.39 is 52.8 Å². The summed E-state index contributed by atoms with van der Waals surface area (Å²) in [6.07, 6.45) is -4.14. The zero-order chi connectivity index (χ0) is 29.2. The molecule has 3 aromatic rings. The van der Waals surface area contributed by atoms with Crippen LogP contribution in [0.5, 0.6) is 11.5 Å². The van der Waals surface area contributed by atoms with E-state index >= 15 is 0 Å². The molecule has 0 amide bonds. The molecule has 3 aromatic carbocycles. The van der Waals surface area contributed by atoms with Crippen LogP contribution in [0.1, 0.15) is 43.2 Å². The molecule has 0 unspecified atom stereocenters. The van der Waals surface area contributed by atoms with Gasteiger partial charge in [-0.1, -0.05) is 34.7 Å². The van der Waals surface area contributed by atoms with Crippen molar-refractivity contribution in [1.82, 2.24) is 0 Å². The highest BCUT2D eigenvalue weighted by Gasteiger charge is 2.37. The molecule has 1 fully saturated rings. The van der Waals surface area contributed by atoms with E-state index in [1.165, 1.54) is 0 Å². The number of benzene rings is 3. The zero-order valence-corrected chi connectivity index (χ0v) is 22.8. The predicted molar refractivity (Wildman–Crippen MR) is 137 cm³/mol. The van der Waals surface area contributed by atoms with Crippen molar-refractivity contribution in [1.29, 1.82) is 0 Å². The van der Waals surface area contributed by atoms with Crippen LogP contribution in [0.4, 0.5) is 39.5 Å². The average molecular weight is 688 g/mol. The maximum Gasteiger partial charge on any atom is 0.573 e. The Morgan fingerprint density at radius 3 is 1.70 bits per heavy atom. The van der Waals surface area contributed by atoms with Gasteiger partial charge in [-0.15, -0.1) is 13.2 Å². The number of rotatable bonds is 8. The Hall–Kier alpha value is -2.64. The minimum Gasteiger partial charge on any atom is -0.423 e. The zero-order valence-electron chi connectivity index (χ0n) is 20.6. The van der Waals surface area contributed by atoms with Crippen molar-refractivity contribution in [3.8, 4) is 22.6 Å². The van der Waals surface area contributed by atoms with Crippen molar-refractivity contribution >= 4 is 22.6 Å². The van der Waals surface area contributed by atoms with Crippen molar-refractivity contribution < 1.29 is 49.0 Å². The number of hydrogen-bond donors (Lipinski definition) is 0. The lowest BCUT2D eigenvalue weighted by Gasteiger charge is -2.25. The molecule has 0 bridgehead atoms. The normalized spacial score (nSPS) is 18.1. The van der Waals surface area contributed by atoms with Gasteiger partial charge in [0, 0.05) is 3.92 Å². The molecule has 1 aliphatic carbocycles. The maximum absolute atomic E-state index is 14.8. The standard InChI is InChI=1S/C28H22F9IO2/c29-21-11-16(2-1-15-3-9-20(38)10-4-15)12-22(30)25(21)39-27(33,34)19-7-5-17(6-8-19)18-13-23(31)26(24(32)14-18)40-28(35,36)37/h5-8,11-15,20H,1-4,9-10H2. The van der Waals surface area contributed by atoms with Gasteiger partial charge >= 0.3 is 12.5 Å². The molecule has 2 nitrogen and oxygen atoms in total. The van der Waals surface area contributed by atoms with E-state index in [1.54, 1.807) is 0 Å². The second-order valence-corrected chi connectivity index (χ2v) is 11.3. The van der Waals surface area contributed by atoms with Gasteiger partial charge in [-0.2, -0.15) is 8.78 Å². The van der Waals surface area contributed by atoms with Crippen molar-refractivity contribution in [2.45, 2.75) is 54.9 Å². The van der Waals surface area contributed by atoms with Crippen molar-refractivity contribution in [2.75, 3.05) is 0 Å². The third kappa shape index (κ3) is 7.55. The van der Waals surface area contributed by atoms with E-state index in [-0.39, 0.29) is 11.1 Å². The fourth-order valence-corrected chi connectivity index (χ4v) is 5.34. The molecule has 0 radical (unpaired) electrons. The molecular weight excluding hydrogens is 666 g/mol. The van der Waals surface area contributed by atoms with E-state index in [9.17, 15) is 39.5 Å². The van der Waals surface area contributed by atoms with Crippen molar-refractivity contribution in [3.63, 3.8) is 0 Å². The highest BCUT2D eigenvalue weighted by molar-refractivity contribution is 14.1. The van der Waals surface area contributed by atoms with Crippen LogP contribution in [0.15, 0.2) is 48.5 Å². The largest absolute Gasteiger partial charge is 0.573 e. The van der Waals surface area contributed by atoms with Gasteiger partial charge in [0.25, 0.3) is 0 Å². The lowest BCUT2D eigenvalue weighted by Crippen LogP contribution is -2.23. The topological polar surface area (TPSA) is 18.5 Å². The Bertz CT molecular complexity index is 1290. The minimum absolute atomic E-state index is 0.0374. The smallest absolute Gasteiger partial charge is 0.423 e. The molecule has 12 heteroatoms. The summed E-state index contributed by atoms with van der Waals surface area (Å²) in [4.78, 5) is 0. The number of alkyl halides is 6. The Labute approximate surface area is 237 Å². The van der Waals surface area contributed by atoms with Gasteiger partial charge in [0.1, 0.15) is 0 Å². The fourth-order valence-electron chi connectivity index (χ4n) is 4.62. The van der Waals surface area contributed by atoms with E-state index in [0.717, 1.165) is 68.5 Å². The highest BCUT2D eigenvalue weighted by atomic mass is 127. The summed E-state index contributed by atoms with van der Waals surface area (Å²) in [6.45, 7) is 0. The van der Waals surface area contributed by atoms with Gasteiger partial charge in [0.2, 0.25) is 5.75 Å². The van der Waals surface area contributed by atoms with E-state index in [1.807, 2.05) is 0 Å². The molecule has 0 atom stereocenters. The molecule has 40 heavy (non-hydrogen) atoms. The molecule has 1 aliphatic rings. The molecule has 0 aromatic heterocycles. The molecule has 216 valence electrons. The van der Waals surface area contributed by atoms with Gasteiger partial charge in [-0.05, 0) is 97.5 Å². The molecule has 4 rings (SSSR count). The first-order valence-corrected chi connectivity index (χ1v) is 13.5. The van der Waals surface area contributed by atoms with Gasteiger partial charge in [-0.25, -0.2) is 17.6 Å². The number of hydrogen-bond acceptors (Lipinski definition) is 2. The summed E-state index contributed by atoms with van der Waals surface area (Å²) < 4.78 is 132. The van der Waals surface area contributed by atoms with Crippen LogP contribution in [0.25, 0.3) is 11.1 Å². The summed E-state index contributed by atoms with van der Waals surface area (Å²) in [5, 5.41) is 0. The summed E-state index contributed by atoms with van der Waals surface area (Å²) >= 11 is 2.41. The SMILES string of the molecule is Fc1cc(-c2ccc(C(F)(F)Oc3c(F)cc(CCC4CCC(I)CC4)cc3F)cc2)cc(F)c1OC(F)(F)F. The Morgan fingerprint density at radius 2 is 1.18 bits per heavy atom. The van der Waals surface area contributed by atoms with Crippen LogP contribution >= 0.6 is 22.6 Å². The maximum atomic E-state index is 14.8. The lowest BCUT2D eigenvalue weighted by molar-refractivity contribution is -0.276. The first-order valence-electron chi connectivity index (χ1n) is 12.3. The van der Waals surface area contributed by atoms with Crippen LogP contribution in [0.2, 0.25) is 0 Å². The lowest BCUT2D eigenvalue weighted by atomic mass is 9.85. The second-order valence-electron chi connectivity index (χ2n) is 9.56. The fraction of sp³-hybridized carbons (Fsp3) is 0.357. The highest BCUT2D eigenvalue weighted by Crippen LogP contribution is 2.38. The first-order chi connectivity index (χ1) is 18.7. The molecule has 0 heterocycles. The monoisotopic (exact) mass is 688 g/mol. The van der Waals surface area contributed by atoms with Crippen LogP contribution in [0, 0.1) is 29.2 Å². The second kappa shape index (κ2) is 12.1. The van der Waals surface area contributed by atoms with E-state index in [4.69, 9.17) is 0 Å². The van der Waals surface area contributed by atoms with Crippen LogP contribution < -0.4 is 9.47 Å². The summed E-state index contributed by atoms with van der Waals surface area (Å²) in [7, 11) is 0. The Morgan fingerprint density at radius 1 is 0.675 bits per heavy atom. The minimum atomic E-state index is -5.33. The van der Waals surface area contributed by atoms with Crippen molar-refractivity contribution in [3.05, 3.63) is 82.9 Å². The summed E-state index contributed by atoms with van der Waals surface area (Å²) in [5.74, 6) is -8.36. The van der Waals surface area contributed by atoms with Crippen LogP contribution in [-0.2, 0) is 12.5 Å². The van der Waals surface area contributed by atoms with Crippen LogP contribution in [0.3, 0.4) is 0 Å². The third-order valence-electron chi connectivity index (χ3n) is 6.68. The first kappa shape index (κ1) is 30.3. The third-order valence-corrected chi connectivity index (χ3v) is 7.92. The number of aryl methyl sites for hydroxylation is 1. The number of halogens is 10. The summed E-state index contributed by atoms with van der Waals surface area (Å²) in [6, 6.07) is 6.58. The predicted octanol–water partition coefficient (Wildman–Crippen LogP) is 9.86. The van der Waals surface area contributed by atoms with Crippen molar-refractivity contribution in [2.24, 2.45) is 5.92 Å². The van der Waals surface area contributed by atoms with Gasteiger partial charge in [0.15, 0.2) is 29.0 Å².